The lowest BCUT2D eigenvalue weighted by Gasteiger charge is -2.18. The van der Waals surface area contributed by atoms with Crippen molar-refractivity contribution < 1.29 is 9.21 Å². The number of carbonyl (C=O) groups is 1. The van der Waals surface area contributed by atoms with Crippen LogP contribution in [0.25, 0.3) is 11.0 Å². The number of Topliss-reactive ketones (excluding diaryl/α,β-unsaturated/α-hetero) is 1. The first kappa shape index (κ1) is 12.9. The summed E-state index contributed by atoms with van der Waals surface area (Å²) in [5.41, 5.74) is 2.14. The van der Waals surface area contributed by atoms with Crippen LogP contribution in [0, 0.1) is 5.92 Å². The quantitative estimate of drug-likeness (QED) is 0.724. The highest BCUT2D eigenvalue weighted by atomic mass is 16.3. The van der Waals surface area contributed by atoms with Gasteiger partial charge in [0, 0.05) is 11.3 Å². The molecule has 1 aromatic heterocycles. The number of rotatable bonds is 2. The molecule has 0 aliphatic rings. The van der Waals surface area contributed by atoms with Gasteiger partial charge in [-0.2, -0.15) is 0 Å². The fourth-order valence-electron chi connectivity index (χ4n) is 1.92. The van der Waals surface area contributed by atoms with E-state index in [-0.39, 0.29) is 17.1 Å². The first-order valence-electron chi connectivity index (χ1n) is 6.37. The van der Waals surface area contributed by atoms with Gasteiger partial charge in [0.25, 0.3) is 0 Å². The molecule has 0 aliphatic heterocycles. The number of carbonyl (C=O) groups excluding carboxylic acids is 1. The summed E-state index contributed by atoms with van der Waals surface area (Å²) in [6.45, 7) is 10.3. The average Bonchev–Trinajstić information content (AvgIpc) is 2.68. The third kappa shape index (κ3) is 2.33. The minimum atomic E-state index is -0.0346. The van der Waals surface area contributed by atoms with E-state index >= 15 is 0 Å². The van der Waals surface area contributed by atoms with Crippen molar-refractivity contribution >= 4 is 16.8 Å². The molecular weight excluding hydrogens is 224 g/mol. The molecule has 0 spiro atoms. The van der Waals surface area contributed by atoms with Crippen LogP contribution in [-0.2, 0) is 5.41 Å². The van der Waals surface area contributed by atoms with Crippen molar-refractivity contribution in [3.05, 3.63) is 35.6 Å². The summed E-state index contributed by atoms with van der Waals surface area (Å²) in [6.07, 6.45) is 0. The number of ketones is 1. The van der Waals surface area contributed by atoms with Crippen molar-refractivity contribution in [2.24, 2.45) is 5.92 Å². The Labute approximate surface area is 108 Å². The van der Waals surface area contributed by atoms with Gasteiger partial charge in [0.1, 0.15) is 5.58 Å². The van der Waals surface area contributed by atoms with E-state index in [2.05, 4.69) is 32.9 Å². The van der Waals surface area contributed by atoms with Gasteiger partial charge in [0.15, 0.2) is 5.76 Å². The van der Waals surface area contributed by atoms with E-state index in [1.165, 1.54) is 5.56 Å². The predicted octanol–water partition coefficient (Wildman–Crippen LogP) is 4.57. The Hall–Kier alpha value is -1.57. The van der Waals surface area contributed by atoms with Gasteiger partial charge in [-0.3, -0.25) is 4.79 Å². The van der Waals surface area contributed by atoms with E-state index in [4.69, 9.17) is 4.42 Å². The second-order valence-electron chi connectivity index (χ2n) is 6.13. The van der Waals surface area contributed by atoms with Gasteiger partial charge in [-0.15, -0.1) is 0 Å². The Morgan fingerprint density at radius 3 is 2.39 bits per heavy atom. The van der Waals surface area contributed by atoms with E-state index in [1.807, 2.05) is 26.0 Å². The molecule has 2 rings (SSSR count). The fourth-order valence-corrected chi connectivity index (χ4v) is 1.92. The zero-order valence-corrected chi connectivity index (χ0v) is 11.7. The van der Waals surface area contributed by atoms with E-state index in [9.17, 15) is 4.79 Å². The van der Waals surface area contributed by atoms with Crippen molar-refractivity contribution in [2.45, 2.75) is 40.0 Å². The monoisotopic (exact) mass is 244 g/mol. The van der Waals surface area contributed by atoms with Crippen molar-refractivity contribution in [1.82, 2.24) is 0 Å². The van der Waals surface area contributed by atoms with Crippen LogP contribution >= 0.6 is 0 Å². The lowest BCUT2D eigenvalue weighted by atomic mass is 9.86. The van der Waals surface area contributed by atoms with Crippen molar-refractivity contribution in [2.75, 3.05) is 0 Å². The molecule has 2 aromatic rings. The van der Waals surface area contributed by atoms with E-state index in [1.54, 1.807) is 0 Å². The molecule has 0 saturated heterocycles. The zero-order chi connectivity index (χ0) is 13.5. The Kier molecular flexibility index (Phi) is 3.05. The molecule has 1 heterocycles. The van der Waals surface area contributed by atoms with Gasteiger partial charge in [0.05, 0.1) is 0 Å². The van der Waals surface area contributed by atoms with Gasteiger partial charge in [-0.05, 0) is 29.2 Å². The second kappa shape index (κ2) is 4.27. The Bertz CT molecular complexity index is 583. The molecule has 0 N–H and O–H groups in total. The second-order valence-corrected chi connectivity index (χ2v) is 6.13. The molecule has 0 amide bonds. The first-order chi connectivity index (χ1) is 8.29. The van der Waals surface area contributed by atoms with Gasteiger partial charge in [0.2, 0.25) is 5.78 Å². The SMILES string of the molecule is CC(C)C(=O)c1cc2cc(C(C)(C)C)ccc2o1. The zero-order valence-electron chi connectivity index (χ0n) is 11.7. The molecule has 0 radical (unpaired) electrons. The molecule has 18 heavy (non-hydrogen) atoms. The summed E-state index contributed by atoms with van der Waals surface area (Å²) < 4.78 is 5.61. The summed E-state index contributed by atoms with van der Waals surface area (Å²) in [6, 6.07) is 7.98. The molecule has 0 atom stereocenters. The van der Waals surface area contributed by atoms with Crippen molar-refractivity contribution in [3.8, 4) is 0 Å². The maximum absolute atomic E-state index is 11.9. The topological polar surface area (TPSA) is 30.2 Å². The summed E-state index contributed by atoms with van der Waals surface area (Å²) in [5, 5.41) is 1.01. The molecule has 0 bridgehead atoms. The van der Waals surface area contributed by atoms with Gasteiger partial charge in [-0.25, -0.2) is 0 Å². The molecule has 2 heteroatoms. The Balaban J connectivity index is 2.50. The van der Waals surface area contributed by atoms with Crippen LogP contribution in [0.5, 0.6) is 0 Å². The number of hydrogen-bond donors (Lipinski definition) is 0. The first-order valence-corrected chi connectivity index (χ1v) is 6.37. The fraction of sp³-hybridized carbons (Fsp3) is 0.438. The van der Waals surface area contributed by atoms with Gasteiger partial charge in [-0.1, -0.05) is 40.7 Å². The Morgan fingerprint density at radius 1 is 1.17 bits per heavy atom. The highest BCUT2D eigenvalue weighted by molar-refractivity contribution is 5.98. The highest BCUT2D eigenvalue weighted by Gasteiger charge is 2.18. The third-order valence-corrected chi connectivity index (χ3v) is 3.15. The minimum Gasteiger partial charge on any atom is -0.453 e. The molecule has 0 unspecified atom stereocenters. The molecule has 0 saturated carbocycles. The molecule has 0 aliphatic carbocycles. The third-order valence-electron chi connectivity index (χ3n) is 3.15. The van der Waals surface area contributed by atoms with Crippen LogP contribution in [0.3, 0.4) is 0 Å². The van der Waals surface area contributed by atoms with E-state index in [0.29, 0.717) is 5.76 Å². The summed E-state index contributed by atoms with van der Waals surface area (Å²) in [4.78, 5) is 11.9. The highest BCUT2D eigenvalue weighted by Crippen LogP contribution is 2.28. The molecule has 2 nitrogen and oxygen atoms in total. The maximum Gasteiger partial charge on any atom is 0.200 e. The Morgan fingerprint density at radius 2 is 1.83 bits per heavy atom. The van der Waals surface area contributed by atoms with Gasteiger partial charge < -0.3 is 4.42 Å². The number of benzene rings is 1. The summed E-state index contributed by atoms with van der Waals surface area (Å²) in [5.74, 6) is 0.488. The van der Waals surface area contributed by atoms with Crippen LogP contribution < -0.4 is 0 Å². The summed E-state index contributed by atoms with van der Waals surface area (Å²) in [7, 11) is 0. The molecular formula is C16H20O2. The number of furan rings is 1. The molecule has 96 valence electrons. The predicted molar refractivity (Wildman–Crippen MR) is 74.1 cm³/mol. The smallest absolute Gasteiger partial charge is 0.200 e. The maximum atomic E-state index is 11.9. The van der Waals surface area contributed by atoms with E-state index in [0.717, 1.165) is 11.0 Å². The normalized spacial score (nSPS) is 12.3. The molecule has 1 aromatic carbocycles. The number of hydrogen-bond acceptors (Lipinski definition) is 2. The largest absolute Gasteiger partial charge is 0.453 e. The lowest BCUT2D eigenvalue weighted by molar-refractivity contribution is 0.0913. The minimum absolute atomic E-state index is 0.0346. The van der Waals surface area contributed by atoms with Crippen LogP contribution in [0.1, 0.15) is 50.7 Å². The summed E-state index contributed by atoms with van der Waals surface area (Å²) >= 11 is 0. The lowest BCUT2D eigenvalue weighted by Crippen LogP contribution is -2.10. The average molecular weight is 244 g/mol. The molecule has 0 fully saturated rings. The van der Waals surface area contributed by atoms with E-state index < -0.39 is 0 Å². The van der Waals surface area contributed by atoms with Crippen LogP contribution in [-0.4, -0.2) is 5.78 Å². The van der Waals surface area contributed by atoms with Crippen molar-refractivity contribution in [1.29, 1.82) is 0 Å². The standard InChI is InChI=1S/C16H20O2/c1-10(2)15(17)14-9-11-8-12(16(3,4)5)6-7-13(11)18-14/h6-10H,1-5H3. The number of fused-ring (bicyclic) bond motifs is 1. The van der Waals surface area contributed by atoms with Gasteiger partial charge >= 0.3 is 0 Å². The van der Waals surface area contributed by atoms with Crippen LogP contribution in [0.15, 0.2) is 28.7 Å². The van der Waals surface area contributed by atoms with Crippen LogP contribution in [0.2, 0.25) is 0 Å². The van der Waals surface area contributed by atoms with Crippen LogP contribution in [0.4, 0.5) is 0 Å². The van der Waals surface area contributed by atoms with Crippen molar-refractivity contribution in [3.63, 3.8) is 0 Å².